The Kier molecular flexibility index (Phi) is 7.54. The van der Waals surface area contributed by atoms with Crippen LogP contribution in [0.3, 0.4) is 0 Å². The highest BCUT2D eigenvalue weighted by molar-refractivity contribution is 6.22. The molecular weight excluding hydrogens is 625 g/mol. The van der Waals surface area contributed by atoms with Crippen molar-refractivity contribution in [1.29, 1.82) is 0 Å². The van der Waals surface area contributed by atoms with Gasteiger partial charge >= 0.3 is 0 Å². The minimum absolute atomic E-state index is 0.383. The fourth-order valence-electron chi connectivity index (χ4n) is 8.69. The van der Waals surface area contributed by atoms with E-state index in [4.69, 9.17) is 0 Å². The molecule has 0 spiro atoms. The molecule has 0 nitrogen and oxygen atoms in total. The molecule has 7 aromatic carbocycles. The number of hydrogen-bond acceptors (Lipinski definition) is 0. The SMILES string of the molecule is C1=CC2C=CC=C(c3ccc(-c4c5ccccc5c(-c5ccc(-c6ccc7c(c6)CCC=C7)cc5)c5cc(-c6ccccc6)ccc45)cc3)C2C=C1. The summed E-state index contributed by atoms with van der Waals surface area (Å²) in [4.78, 5) is 0. The van der Waals surface area contributed by atoms with Crippen molar-refractivity contribution in [3.63, 3.8) is 0 Å². The first-order valence-corrected chi connectivity index (χ1v) is 18.6. The summed E-state index contributed by atoms with van der Waals surface area (Å²) in [6, 6.07) is 52.3. The Morgan fingerprint density at radius 1 is 0.423 bits per heavy atom. The molecule has 0 radical (unpaired) electrons. The van der Waals surface area contributed by atoms with Gasteiger partial charge in [0.25, 0.3) is 0 Å². The van der Waals surface area contributed by atoms with Crippen molar-refractivity contribution in [1.82, 2.24) is 0 Å². The van der Waals surface area contributed by atoms with Crippen molar-refractivity contribution < 1.29 is 0 Å². The van der Waals surface area contributed by atoms with Crippen LogP contribution in [-0.2, 0) is 6.42 Å². The van der Waals surface area contributed by atoms with Gasteiger partial charge in [-0.3, -0.25) is 0 Å². The van der Waals surface area contributed by atoms with E-state index in [1.54, 1.807) is 0 Å². The molecule has 0 aromatic heterocycles. The molecule has 0 heteroatoms. The number of hydrogen-bond donors (Lipinski definition) is 0. The maximum Gasteiger partial charge on any atom is 0.0125 e. The molecule has 2 atom stereocenters. The maximum atomic E-state index is 2.41. The molecule has 0 fully saturated rings. The summed E-state index contributed by atoms with van der Waals surface area (Å²) in [7, 11) is 0. The van der Waals surface area contributed by atoms with E-state index in [2.05, 4.69) is 194 Å². The zero-order valence-electron chi connectivity index (χ0n) is 29.0. The van der Waals surface area contributed by atoms with Gasteiger partial charge in [-0.1, -0.05) is 188 Å². The van der Waals surface area contributed by atoms with Crippen LogP contribution in [-0.4, -0.2) is 0 Å². The predicted molar refractivity (Wildman–Crippen MR) is 223 cm³/mol. The van der Waals surface area contributed by atoms with Gasteiger partial charge in [-0.05, 0) is 107 Å². The fourth-order valence-corrected chi connectivity index (χ4v) is 8.69. The molecule has 3 aliphatic carbocycles. The van der Waals surface area contributed by atoms with Crippen LogP contribution in [0.4, 0.5) is 0 Å². The van der Waals surface area contributed by atoms with Gasteiger partial charge in [0.1, 0.15) is 0 Å². The van der Waals surface area contributed by atoms with E-state index in [1.165, 1.54) is 88.3 Å². The molecule has 2 unspecified atom stereocenters. The summed E-state index contributed by atoms with van der Waals surface area (Å²) >= 11 is 0. The molecular formula is C52H38. The first kappa shape index (κ1) is 30.6. The lowest BCUT2D eigenvalue weighted by Crippen LogP contribution is -2.14. The second-order valence-electron chi connectivity index (χ2n) is 14.3. The minimum atomic E-state index is 0.383. The summed E-state index contributed by atoms with van der Waals surface area (Å²) in [6.45, 7) is 0. The molecule has 0 saturated heterocycles. The van der Waals surface area contributed by atoms with Crippen molar-refractivity contribution in [3.8, 4) is 44.5 Å². The summed E-state index contributed by atoms with van der Waals surface area (Å²) in [6.07, 6.45) is 22.6. The van der Waals surface area contributed by atoms with Crippen LogP contribution in [0.5, 0.6) is 0 Å². The van der Waals surface area contributed by atoms with Gasteiger partial charge in [0.15, 0.2) is 0 Å². The average molecular weight is 663 g/mol. The molecule has 3 aliphatic rings. The second kappa shape index (κ2) is 12.8. The topological polar surface area (TPSA) is 0 Å². The predicted octanol–water partition coefficient (Wildman–Crippen LogP) is 13.9. The van der Waals surface area contributed by atoms with Crippen molar-refractivity contribution in [2.45, 2.75) is 12.8 Å². The Morgan fingerprint density at radius 3 is 1.79 bits per heavy atom. The minimum Gasteiger partial charge on any atom is -0.0836 e. The monoisotopic (exact) mass is 662 g/mol. The van der Waals surface area contributed by atoms with E-state index in [0.717, 1.165) is 12.8 Å². The Morgan fingerprint density at radius 2 is 1.00 bits per heavy atom. The van der Waals surface area contributed by atoms with Crippen LogP contribution in [0.15, 0.2) is 188 Å². The standard InChI is InChI=1S/C52H38/c1-2-11-35(12-3-1)44-31-32-49-50(34-44)52(41-26-21-37(22-27-41)43-30-23-36-13-4-5-15-42(36)33-43)48-19-9-8-18-47(48)51(49)40-28-24-39(25-29-40)46-20-10-16-38-14-6-7-17-45(38)46/h1-4,6-14,16-34,38,45H,5,15H2. The largest absolute Gasteiger partial charge is 0.0836 e. The third-order valence-electron chi connectivity index (χ3n) is 11.3. The van der Waals surface area contributed by atoms with Gasteiger partial charge in [0.05, 0.1) is 0 Å². The van der Waals surface area contributed by atoms with E-state index >= 15 is 0 Å². The highest BCUT2D eigenvalue weighted by Gasteiger charge is 2.24. The summed E-state index contributed by atoms with van der Waals surface area (Å²) in [5, 5.41) is 5.09. The fraction of sp³-hybridized carbons (Fsp3) is 0.0769. The molecule has 10 rings (SSSR count). The maximum absolute atomic E-state index is 2.41. The zero-order valence-corrected chi connectivity index (χ0v) is 29.0. The van der Waals surface area contributed by atoms with Gasteiger partial charge in [-0.25, -0.2) is 0 Å². The van der Waals surface area contributed by atoms with E-state index in [1.807, 2.05) is 0 Å². The van der Waals surface area contributed by atoms with Crippen molar-refractivity contribution in [3.05, 3.63) is 205 Å². The van der Waals surface area contributed by atoms with Gasteiger partial charge < -0.3 is 0 Å². The van der Waals surface area contributed by atoms with Crippen molar-refractivity contribution in [2.75, 3.05) is 0 Å². The number of allylic oxidation sites excluding steroid dienone is 9. The van der Waals surface area contributed by atoms with E-state index < -0.39 is 0 Å². The third-order valence-corrected chi connectivity index (χ3v) is 11.3. The van der Waals surface area contributed by atoms with E-state index in [0.29, 0.717) is 11.8 Å². The zero-order chi connectivity index (χ0) is 34.4. The summed E-state index contributed by atoms with van der Waals surface area (Å²) in [5.74, 6) is 0.808. The molecule has 0 N–H and O–H groups in total. The third kappa shape index (κ3) is 5.31. The number of fused-ring (bicyclic) bond motifs is 4. The van der Waals surface area contributed by atoms with Crippen LogP contribution >= 0.6 is 0 Å². The van der Waals surface area contributed by atoms with E-state index in [-0.39, 0.29) is 0 Å². The number of rotatable bonds is 5. The van der Waals surface area contributed by atoms with Crippen LogP contribution in [0.1, 0.15) is 23.1 Å². The van der Waals surface area contributed by atoms with Crippen LogP contribution in [0.25, 0.3) is 77.7 Å². The first-order chi connectivity index (χ1) is 25.8. The molecule has 0 heterocycles. The Labute approximate surface area is 306 Å². The first-order valence-electron chi connectivity index (χ1n) is 18.6. The molecule has 7 aromatic rings. The normalized spacial score (nSPS) is 17.3. The molecule has 0 amide bonds. The Bertz CT molecular complexity index is 2640. The molecule has 246 valence electrons. The lowest BCUT2D eigenvalue weighted by molar-refractivity contribution is 0.678. The molecule has 0 bridgehead atoms. The highest BCUT2D eigenvalue weighted by atomic mass is 14.3. The van der Waals surface area contributed by atoms with Gasteiger partial charge in [0.2, 0.25) is 0 Å². The number of aryl methyl sites for hydroxylation is 1. The number of benzene rings is 7. The van der Waals surface area contributed by atoms with Crippen LogP contribution < -0.4 is 0 Å². The quantitative estimate of drug-likeness (QED) is 0.161. The average Bonchev–Trinajstić information content (AvgIpc) is 3.23. The summed E-state index contributed by atoms with van der Waals surface area (Å²) < 4.78 is 0. The smallest absolute Gasteiger partial charge is 0.0125 e. The Balaban J connectivity index is 1.13. The molecule has 52 heavy (non-hydrogen) atoms. The molecule has 0 saturated carbocycles. The lowest BCUT2D eigenvalue weighted by atomic mass is 9.77. The van der Waals surface area contributed by atoms with Gasteiger partial charge in [-0.2, -0.15) is 0 Å². The highest BCUT2D eigenvalue weighted by Crippen LogP contribution is 2.46. The van der Waals surface area contributed by atoms with Gasteiger partial charge in [0, 0.05) is 11.8 Å². The Hall–Kier alpha value is -6.24. The van der Waals surface area contributed by atoms with E-state index in [9.17, 15) is 0 Å². The van der Waals surface area contributed by atoms with Crippen LogP contribution in [0, 0.1) is 11.8 Å². The summed E-state index contributed by atoms with van der Waals surface area (Å²) in [5.41, 5.74) is 15.5. The lowest BCUT2D eigenvalue weighted by Gasteiger charge is -2.27. The molecule has 0 aliphatic heterocycles. The van der Waals surface area contributed by atoms with Crippen LogP contribution in [0.2, 0.25) is 0 Å². The van der Waals surface area contributed by atoms with Crippen molar-refractivity contribution in [2.24, 2.45) is 11.8 Å². The van der Waals surface area contributed by atoms with Gasteiger partial charge in [-0.15, -0.1) is 0 Å². The van der Waals surface area contributed by atoms with Crippen molar-refractivity contribution >= 4 is 33.2 Å². The second-order valence-corrected chi connectivity index (χ2v) is 14.3.